The van der Waals surface area contributed by atoms with Crippen molar-refractivity contribution in [2.75, 3.05) is 5.32 Å². The number of rotatable bonds is 1. The first kappa shape index (κ1) is 9.85. The van der Waals surface area contributed by atoms with Crippen LogP contribution in [0.2, 0.25) is 0 Å². The minimum atomic E-state index is -1.33. The van der Waals surface area contributed by atoms with Gasteiger partial charge in [-0.1, -0.05) is 18.2 Å². The first-order valence-electron chi connectivity index (χ1n) is 3.79. The van der Waals surface area contributed by atoms with Crippen LogP contribution in [0.15, 0.2) is 30.3 Å². The smallest absolute Gasteiger partial charge is 0.423 e. The number of nitrogens with one attached hydrogen (secondary N) is 3. The number of hydrogen-bond donors (Lipinski definition) is 4. The lowest BCUT2D eigenvalue weighted by molar-refractivity contribution is 0.188. The largest absolute Gasteiger partial charge is 0.464 e. The summed E-state index contributed by atoms with van der Waals surface area (Å²) in [6.07, 6.45) is -1.33. The normalized spacial score (nSPS) is 8.86. The topological polar surface area (TPSA) is 90.5 Å². The molecule has 3 amide bonds. The molecule has 0 saturated heterocycles. The minimum Gasteiger partial charge on any atom is -0.464 e. The molecule has 1 aromatic carbocycles. The zero-order valence-electron chi connectivity index (χ0n) is 7.15. The molecule has 14 heavy (non-hydrogen) atoms. The number of hydrogen-bond acceptors (Lipinski definition) is 2. The van der Waals surface area contributed by atoms with Crippen LogP contribution in [-0.4, -0.2) is 17.2 Å². The second-order valence-electron chi connectivity index (χ2n) is 2.38. The maximum absolute atomic E-state index is 11.0. The third-order valence-electron chi connectivity index (χ3n) is 1.31. The van der Waals surface area contributed by atoms with Gasteiger partial charge in [-0.3, -0.25) is 0 Å². The van der Waals surface area contributed by atoms with E-state index in [0.29, 0.717) is 5.69 Å². The van der Waals surface area contributed by atoms with Gasteiger partial charge in [0.2, 0.25) is 0 Å². The number of carbonyl (C=O) groups is 2. The molecular weight excluding hydrogens is 186 g/mol. The van der Waals surface area contributed by atoms with Gasteiger partial charge in [-0.25, -0.2) is 20.4 Å². The summed E-state index contributed by atoms with van der Waals surface area (Å²) in [4.78, 5) is 21.0. The first-order chi connectivity index (χ1) is 6.68. The van der Waals surface area contributed by atoms with Crippen molar-refractivity contribution in [1.82, 2.24) is 10.9 Å². The van der Waals surface area contributed by atoms with E-state index in [1.807, 2.05) is 5.43 Å². The quantitative estimate of drug-likeness (QED) is 0.503. The van der Waals surface area contributed by atoms with E-state index in [-0.39, 0.29) is 0 Å². The molecule has 0 atom stereocenters. The van der Waals surface area contributed by atoms with E-state index in [0.717, 1.165) is 0 Å². The summed E-state index contributed by atoms with van der Waals surface area (Å²) >= 11 is 0. The molecule has 0 aliphatic rings. The van der Waals surface area contributed by atoms with Crippen molar-refractivity contribution >= 4 is 17.8 Å². The molecule has 0 aromatic heterocycles. The van der Waals surface area contributed by atoms with Crippen molar-refractivity contribution < 1.29 is 14.7 Å². The third-order valence-corrected chi connectivity index (χ3v) is 1.31. The standard InChI is InChI=1S/C8H9N3O3/c12-7(10-11-8(13)14)9-6-4-2-1-3-5-6/h1-5,11H,(H,13,14)(H2,9,10,12). The van der Waals surface area contributed by atoms with E-state index < -0.39 is 12.1 Å². The van der Waals surface area contributed by atoms with Gasteiger partial charge in [0.05, 0.1) is 0 Å². The number of amides is 3. The van der Waals surface area contributed by atoms with Crippen LogP contribution in [0.3, 0.4) is 0 Å². The summed E-state index contributed by atoms with van der Waals surface area (Å²) in [7, 11) is 0. The molecule has 74 valence electrons. The van der Waals surface area contributed by atoms with E-state index in [2.05, 4.69) is 5.32 Å². The van der Waals surface area contributed by atoms with Gasteiger partial charge < -0.3 is 10.4 Å². The summed E-state index contributed by atoms with van der Waals surface area (Å²) in [6, 6.07) is 8.03. The molecule has 0 radical (unpaired) electrons. The molecule has 0 spiro atoms. The second-order valence-corrected chi connectivity index (χ2v) is 2.38. The van der Waals surface area contributed by atoms with Crippen molar-refractivity contribution in [3.8, 4) is 0 Å². The Kier molecular flexibility index (Phi) is 3.31. The SMILES string of the molecule is O=C(O)NNC(=O)Nc1ccccc1. The Balaban J connectivity index is 2.38. The average Bonchev–Trinajstić information content (AvgIpc) is 2.16. The number of para-hydroxylation sites is 1. The molecule has 1 aromatic rings. The van der Waals surface area contributed by atoms with Crippen LogP contribution in [0.25, 0.3) is 0 Å². The van der Waals surface area contributed by atoms with Crippen LogP contribution in [0.4, 0.5) is 15.3 Å². The fourth-order valence-corrected chi connectivity index (χ4v) is 0.794. The second kappa shape index (κ2) is 4.70. The number of hydrazine groups is 1. The number of benzene rings is 1. The Bertz CT molecular complexity index is 326. The lowest BCUT2D eigenvalue weighted by Gasteiger charge is -2.05. The van der Waals surface area contributed by atoms with Crippen molar-refractivity contribution in [2.45, 2.75) is 0 Å². The molecule has 1 rings (SSSR count). The maximum atomic E-state index is 11.0. The van der Waals surface area contributed by atoms with Gasteiger partial charge >= 0.3 is 12.1 Å². The molecule has 0 aliphatic carbocycles. The number of carboxylic acid groups (broad SMARTS) is 1. The van der Waals surface area contributed by atoms with E-state index in [1.165, 1.54) is 0 Å². The van der Waals surface area contributed by atoms with Crippen LogP contribution < -0.4 is 16.2 Å². The van der Waals surface area contributed by atoms with E-state index >= 15 is 0 Å². The Morgan fingerprint density at radius 1 is 1.07 bits per heavy atom. The Morgan fingerprint density at radius 2 is 1.71 bits per heavy atom. The third kappa shape index (κ3) is 3.44. The molecule has 0 heterocycles. The summed E-state index contributed by atoms with van der Waals surface area (Å²) in [5.41, 5.74) is 4.23. The van der Waals surface area contributed by atoms with Gasteiger partial charge in [0.15, 0.2) is 0 Å². The monoisotopic (exact) mass is 195 g/mol. The highest BCUT2D eigenvalue weighted by Crippen LogP contribution is 2.03. The van der Waals surface area contributed by atoms with E-state index in [4.69, 9.17) is 5.11 Å². The predicted octanol–water partition coefficient (Wildman–Crippen LogP) is 0.991. The van der Waals surface area contributed by atoms with E-state index in [9.17, 15) is 9.59 Å². The highest BCUT2D eigenvalue weighted by Gasteiger charge is 2.00. The maximum Gasteiger partial charge on any atom is 0.423 e. The highest BCUT2D eigenvalue weighted by molar-refractivity contribution is 5.89. The Morgan fingerprint density at radius 3 is 2.29 bits per heavy atom. The van der Waals surface area contributed by atoms with E-state index in [1.54, 1.807) is 35.8 Å². The van der Waals surface area contributed by atoms with Gasteiger partial charge in [-0.2, -0.15) is 0 Å². The summed E-state index contributed by atoms with van der Waals surface area (Å²) in [6.45, 7) is 0. The molecule has 6 heteroatoms. The lowest BCUT2D eigenvalue weighted by atomic mass is 10.3. The van der Waals surface area contributed by atoms with Crippen molar-refractivity contribution in [3.63, 3.8) is 0 Å². The Labute approximate surface area is 79.9 Å². The van der Waals surface area contributed by atoms with Gasteiger partial charge in [0.1, 0.15) is 0 Å². The van der Waals surface area contributed by atoms with Crippen molar-refractivity contribution in [1.29, 1.82) is 0 Å². The summed E-state index contributed by atoms with van der Waals surface area (Å²) < 4.78 is 0. The molecule has 0 saturated carbocycles. The molecule has 0 bridgehead atoms. The molecule has 0 aliphatic heterocycles. The zero-order valence-corrected chi connectivity index (χ0v) is 7.15. The predicted molar refractivity (Wildman–Crippen MR) is 49.8 cm³/mol. The number of carbonyl (C=O) groups excluding carboxylic acids is 1. The molecule has 6 nitrogen and oxygen atoms in total. The van der Waals surface area contributed by atoms with Gasteiger partial charge in [0, 0.05) is 5.69 Å². The average molecular weight is 195 g/mol. The molecule has 4 N–H and O–H groups in total. The van der Waals surface area contributed by atoms with Crippen LogP contribution >= 0.6 is 0 Å². The lowest BCUT2D eigenvalue weighted by Crippen LogP contribution is -2.43. The van der Waals surface area contributed by atoms with Crippen molar-refractivity contribution in [2.24, 2.45) is 0 Å². The Hall–Kier alpha value is -2.24. The van der Waals surface area contributed by atoms with Crippen LogP contribution in [0.5, 0.6) is 0 Å². The fraction of sp³-hybridized carbons (Fsp3) is 0. The van der Waals surface area contributed by atoms with Gasteiger partial charge in [-0.05, 0) is 12.1 Å². The molecule has 0 fully saturated rings. The van der Waals surface area contributed by atoms with Crippen LogP contribution in [0, 0.1) is 0 Å². The van der Waals surface area contributed by atoms with Crippen LogP contribution in [-0.2, 0) is 0 Å². The number of urea groups is 1. The molecule has 0 unspecified atom stereocenters. The number of anilines is 1. The minimum absolute atomic E-state index is 0.581. The zero-order chi connectivity index (χ0) is 10.4. The van der Waals surface area contributed by atoms with Crippen LogP contribution in [0.1, 0.15) is 0 Å². The summed E-state index contributed by atoms with van der Waals surface area (Å²) in [5.74, 6) is 0. The van der Waals surface area contributed by atoms with Crippen molar-refractivity contribution in [3.05, 3.63) is 30.3 Å². The molecular formula is C8H9N3O3. The summed E-state index contributed by atoms with van der Waals surface area (Å²) in [5, 5.41) is 10.6. The fourth-order valence-electron chi connectivity index (χ4n) is 0.794. The van der Waals surface area contributed by atoms with Gasteiger partial charge in [0.25, 0.3) is 0 Å². The highest BCUT2D eigenvalue weighted by atomic mass is 16.4. The first-order valence-corrected chi connectivity index (χ1v) is 3.79. The van der Waals surface area contributed by atoms with Gasteiger partial charge in [-0.15, -0.1) is 0 Å².